The Morgan fingerprint density at radius 1 is 1.38 bits per heavy atom. The fraction of sp³-hybridized carbons (Fsp3) is 0.182. The van der Waals surface area contributed by atoms with E-state index in [1.807, 2.05) is 31.2 Å². The summed E-state index contributed by atoms with van der Waals surface area (Å²) >= 11 is 4.79. The number of benzene rings is 1. The minimum atomic E-state index is 0.468. The van der Waals surface area contributed by atoms with E-state index in [0.717, 1.165) is 15.2 Å². The Balaban J connectivity index is 2.17. The van der Waals surface area contributed by atoms with Gasteiger partial charge in [-0.25, -0.2) is 0 Å². The van der Waals surface area contributed by atoms with Gasteiger partial charge in [-0.3, -0.25) is 0 Å². The van der Waals surface area contributed by atoms with E-state index in [9.17, 15) is 0 Å². The summed E-state index contributed by atoms with van der Waals surface area (Å²) in [5.41, 5.74) is 6.77. The maximum absolute atomic E-state index is 5.62. The van der Waals surface area contributed by atoms with Crippen LogP contribution in [0.15, 0.2) is 28.9 Å². The van der Waals surface area contributed by atoms with Gasteiger partial charge >= 0.3 is 0 Å². The lowest BCUT2D eigenvalue weighted by Crippen LogP contribution is -1.92. The molecule has 0 amide bonds. The van der Waals surface area contributed by atoms with Gasteiger partial charge in [0.25, 0.3) is 5.19 Å². The van der Waals surface area contributed by atoms with Crippen LogP contribution in [0.5, 0.6) is 10.9 Å². The van der Waals surface area contributed by atoms with Crippen LogP contribution in [0.3, 0.4) is 0 Å². The van der Waals surface area contributed by atoms with Gasteiger partial charge in [0.1, 0.15) is 10.4 Å². The van der Waals surface area contributed by atoms with Crippen LogP contribution in [-0.4, -0.2) is 4.98 Å². The number of hydrogen-bond acceptors (Lipinski definition) is 4. The number of nitrogens with two attached hydrogens (primary N) is 1. The SMILES string of the molecule is Cc1ccc(Oc2nc(Br)c(CN)s2)cc1. The first-order valence-electron chi connectivity index (χ1n) is 4.79. The van der Waals surface area contributed by atoms with E-state index in [4.69, 9.17) is 10.5 Å². The summed E-state index contributed by atoms with van der Waals surface area (Å²) in [5, 5.41) is 0.608. The van der Waals surface area contributed by atoms with Crippen molar-refractivity contribution in [2.24, 2.45) is 5.73 Å². The number of hydrogen-bond donors (Lipinski definition) is 1. The second-order valence-electron chi connectivity index (χ2n) is 3.31. The summed E-state index contributed by atoms with van der Waals surface area (Å²) in [7, 11) is 0. The largest absolute Gasteiger partial charge is 0.431 e. The normalized spacial score (nSPS) is 10.4. The highest BCUT2D eigenvalue weighted by atomic mass is 79.9. The molecule has 2 N–H and O–H groups in total. The summed E-state index contributed by atoms with van der Waals surface area (Å²) in [4.78, 5) is 5.22. The van der Waals surface area contributed by atoms with Gasteiger partial charge in [0.05, 0.1) is 4.88 Å². The molecule has 0 aliphatic heterocycles. The van der Waals surface area contributed by atoms with E-state index in [1.54, 1.807) is 0 Å². The van der Waals surface area contributed by atoms with Gasteiger partial charge in [-0.15, -0.1) is 0 Å². The van der Waals surface area contributed by atoms with E-state index >= 15 is 0 Å². The smallest absolute Gasteiger partial charge is 0.280 e. The Kier molecular flexibility index (Phi) is 3.58. The maximum Gasteiger partial charge on any atom is 0.280 e. The third-order valence-electron chi connectivity index (χ3n) is 2.04. The predicted molar refractivity (Wildman–Crippen MR) is 69.0 cm³/mol. The van der Waals surface area contributed by atoms with Crippen LogP contribution in [0.25, 0.3) is 0 Å². The van der Waals surface area contributed by atoms with Gasteiger partial charge in [0.15, 0.2) is 0 Å². The zero-order chi connectivity index (χ0) is 11.5. The highest BCUT2D eigenvalue weighted by Gasteiger charge is 2.08. The van der Waals surface area contributed by atoms with Crippen LogP contribution in [0, 0.1) is 6.92 Å². The van der Waals surface area contributed by atoms with Crippen molar-refractivity contribution in [1.82, 2.24) is 4.98 Å². The molecule has 5 heteroatoms. The average molecular weight is 299 g/mol. The molecule has 0 unspecified atom stereocenters. The lowest BCUT2D eigenvalue weighted by atomic mass is 10.2. The lowest BCUT2D eigenvalue weighted by molar-refractivity contribution is 0.478. The van der Waals surface area contributed by atoms with Crippen LogP contribution in [0.2, 0.25) is 0 Å². The topological polar surface area (TPSA) is 48.1 Å². The Morgan fingerprint density at radius 2 is 2.06 bits per heavy atom. The minimum absolute atomic E-state index is 0.468. The Labute approximate surface area is 106 Å². The quantitative estimate of drug-likeness (QED) is 0.944. The van der Waals surface area contributed by atoms with Crippen molar-refractivity contribution in [3.8, 4) is 10.9 Å². The van der Waals surface area contributed by atoms with Gasteiger partial charge in [0, 0.05) is 6.54 Å². The highest BCUT2D eigenvalue weighted by Crippen LogP contribution is 2.31. The molecule has 0 spiro atoms. The molecular formula is C11H11BrN2OS. The third kappa shape index (κ3) is 2.61. The Morgan fingerprint density at radius 3 is 2.62 bits per heavy atom. The first-order chi connectivity index (χ1) is 7.69. The van der Waals surface area contributed by atoms with Gasteiger partial charge in [-0.05, 0) is 35.0 Å². The summed E-state index contributed by atoms with van der Waals surface area (Å²) in [5.74, 6) is 0.787. The number of aryl methyl sites for hydroxylation is 1. The van der Waals surface area contributed by atoms with Crippen molar-refractivity contribution in [2.75, 3.05) is 0 Å². The second kappa shape index (κ2) is 4.95. The van der Waals surface area contributed by atoms with Crippen molar-refractivity contribution in [3.63, 3.8) is 0 Å². The van der Waals surface area contributed by atoms with Gasteiger partial charge < -0.3 is 10.5 Å². The Hall–Kier alpha value is -0.910. The molecule has 0 saturated carbocycles. The molecule has 0 aliphatic rings. The van der Waals surface area contributed by atoms with E-state index < -0.39 is 0 Å². The number of halogens is 1. The summed E-state index contributed by atoms with van der Waals surface area (Å²) in [6, 6.07) is 7.85. The van der Waals surface area contributed by atoms with E-state index in [2.05, 4.69) is 20.9 Å². The molecule has 0 atom stereocenters. The summed E-state index contributed by atoms with van der Waals surface area (Å²) in [6.45, 7) is 2.51. The first-order valence-corrected chi connectivity index (χ1v) is 6.40. The summed E-state index contributed by atoms with van der Waals surface area (Å²) in [6.07, 6.45) is 0. The zero-order valence-corrected chi connectivity index (χ0v) is 11.1. The van der Waals surface area contributed by atoms with Crippen molar-refractivity contribution >= 4 is 27.3 Å². The molecule has 1 heterocycles. The van der Waals surface area contributed by atoms with Gasteiger partial charge in [0.2, 0.25) is 0 Å². The monoisotopic (exact) mass is 298 g/mol. The van der Waals surface area contributed by atoms with E-state index in [0.29, 0.717) is 11.7 Å². The van der Waals surface area contributed by atoms with Gasteiger partial charge in [-0.1, -0.05) is 29.0 Å². The molecule has 0 aliphatic carbocycles. The Bertz CT molecular complexity index is 481. The van der Waals surface area contributed by atoms with Crippen LogP contribution >= 0.6 is 27.3 Å². The number of nitrogens with zero attached hydrogens (tertiary/aromatic N) is 1. The molecule has 0 saturated heterocycles. The maximum atomic E-state index is 5.62. The number of ether oxygens (including phenoxy) is 1. The molecule has 2 aromatic rings. The van der Waals surface area contributed by atoms with Crippen molar-refractivity contribution in [3.05, 3.63) is 39.3 Å². The second-order valence-corrected chi connectivity index (χ2v) is 5.11. The van der Waals surface area contributed by atoms with Gasteiger partial charge in [-0.2, -0.15) is 4.98 Å². The number of rotatable bonds is 3. The molecule has 0 bridgehead atoms. The van der Waals surface area contributed by atoms with Crippen LogP contribution in [-0.2, 0) is 6.54 Å². The highest BCUT2D eigenvalue weighted by molar-refractivity contribution is 9.10. The first kappa shape index (κ1) is 11.6. The van der Waals surface area contributed by atoms with Crippen molar-refractivity contribution in [1.29, 1.82) is 0 Å². The standard InChI is InChI=1S/C11H11BrN2OS/c1-7-2-4-8(5-3-7)15-11-14-10(12)9(6-13)16-11/h2-5H,6,13H2,1H3. The molecule has 84 valence electrons. The zero-order valence-electron chi connectivity index (χ0n) is 8.74. The van der Waals surface area contributed by atoms with Crippen LogP contribution in [0.4, 0.5) is 0 Å². The van der Waals surface area contributed by atoms with E-state index in [1.165, 1.54) is 16.9 Å². The number of thiazole rings is 1. The molecule has 0 fully saturated rings. The van der Waals surface area contributed by atoms with E-state index in [-0.39, 0.29) is 0 Å². The molecule has 1 aromatic carbocycles. The fourth-order valence-electron chi connectivity index (χ4n) is 1.19. The van der Waals surface area contributed by atoms with Crippen LogP contribution in [0.1, 0.15) is 10.4 Å². The predicted octanol–water partition coefficient (Wildman–Crippen LogP) is 3.47. The fourth-order valence-corrected chi connectivity index (χ4v) is 2.57. The lowest BCUT2D eigenvalue weighted by Gasteiger charge is -2.00. The molecule has 3 nitrogen and oxygen atoms in total. The molecule has 2 rings (SSSR count). The average Bonchev–Trinajstić information content (AvgIpc) is 2.62. The molecule has 1 aromatic heterocycles. The number of aromatic nitrogens is 1. The summed E-state index contributed by atoms with van der Waals surface area (Å²) < 4.78 is 6.38. The third-order valence-corrected chi connectivity index (χ3v) is 3.92. The van der Waals surface area contributed by atoms with Crippen molar-refractivity contribution < 1.29 is 4.74 Å². The van der Waals surface area contributed by atoms with Crippen LogP contribution < -0.4 is 10.5 Å². The molecule has 16 heavy (non-hydrogen) atoms. The molecular weight excluding hydrogens is 288 g/mol. The van der Waals surface area contributed by atoms with Crippen molar-refractivity contribution in [2.45, 2.75) is 13.5 Å². The molecule has 0 radical (unpaired) electrons. The minimum Gasteiger partial charge on any atom is -0.431 e.